The van der Waals surface area contributed by atoms with Gasteiger partial charge in [0.25, 0.3) is 0 Å². The summed E-state index contributed by atoms with van der Waals surface area (Å²) in [5.74, 6) is 1.40. The number of nitrogens with zero attached hydrogens (tertiary/aromatic N) is 3. The van der Waals surface area contributed by atoms with Crippen molar-refractivity contribution < 1.29 is 14.3 Å². The Hall–Kier alpha value is -0.850. The lowest BCUT2D eigenvalue weighted by molar-refractivity contribution is 0.0229. The van der Waals surface area contributed by atoms with E-state index >= 15 is 0 Å². The molecule has 0 radical (unpaired) electrons. The molecule has 1 spiro atoms. The zero-order chi connectivity index (χ0) is 17.9. The highest BCUT2D eigenvalue weighted by atomic mass is 16.5. The second kappa shape index (κ2) is 8.23. The Kier molecular flexibility index (Phi) is 6.23. The molecular formula is C19H35N3O3. The van der Waals surface area contributed by atoms with E-state index in [4.69, 9.17) is 9.47 Å². The van der Waals surface area contributed by atoms with Crippen LogP contribution in [0.15, 0.2) is 0 Å². The van der Waals surface area contributed by atoms with Gasteiger partial charge in [-0.05, 0) is 37.0 Å². The van der Waals surface area contributed by atoms with Crippen LogP contribution in [-0.4, -0.2) is 94.5 Å². The first-order chi connectivity index (χ1) is 12.0. The number of hydrogen-bond acceptors (Lipinski definition) is 4. The maximum absolute atomic E-state index is 12.2. The summed E-state index contributed by atoms with van der Waals surface area (Å²) in [5.41, 5.74) is 0.306. The van der Waals surface area contributed by atoms with Crippen molar-refractivity contribution in [3.8, 4) is 0 Å². The number of amides is 2. The summed E-state index contributed by atoms with van der Waals surface area (Å²) in [6, 6.07) is 0.144. The van der Waals surface area contributed by atoms with E-state index in [0.29, 0.717) is 11.3 Å². The molecule has 1 saturated carbocycles. The molecule has 0 bridgehead atoms. The maximum atomic E-state index is 12.2. The fraction of sp³-hybridized carbons (Fsp3) is 0.947. The molecule has 0 N–H and O–H groups in total. The van der Waals surface area contributed by atoms with Crippen molar-refractivity contribution in [2.75, 3.05) is 73.7 Å². The molecule has 2 amide bonds. The first kappa shape index (κ1) is 18.9. The fourth-order valence-corrected chi connectivity index (χ4v) is 4.42. The van der Waals surface area contributed by atoms with E-state index in [0.717, 1.165) is 71.3 Å². The van der Waals surface area contributed by atoms with E-state index in [-0.39, 0.29) is 6.03 Å². The van der Waals surface area contributed by atoms with Crippen LogP contribution in [0.2, 0.25) is 0 Å². The largest absolute Gasteiger partial charge is 0.383 e. The van der Waals surface area contributed by atoms with Gasteiger partial charge in [-0.3, -0.25) is 0 Å². The molecule has 144 valence electrons. The van der Waals surface area contributed by atoms with Crippen LogP contribution in [0.25, 0.3) is 0 Å². The molecule has 6 heteroatoms. The Bertz CT molecular complexity index is 445. The number of likely N-dealkylation sites (tertiary alicyclic amines) is 2. The Labute approximate surface area is 152 Å². The van der Waals surface area contributed by atoms with Crippen molar-refractivity contribution in [1.82, 2.24) is 14.7 Å². The quantitative estimate of drug-likeness (QED) is 0.700. The van der Waals surface area contributed by atoms with Gasteiger partial charge in [-0.2, -0.15) is 0 Å². The highest BCUT2D eigenvalue weighted by molar-refractivity contribution is 5.73. The maximum Gasteiger partial charge on any atom is 0.319 e. The van der Waals surface area contributed by atoms with Gasteiger partial charge in [-0.1, -0.05) is 0 Å². The number of carbonyl (C=O) groups excluding carboxylic acids is 1. The number of ether oxygens (including phenoxy) is 2. The van der Waals surface area contributed by atoms with Crippen LogP contribution >= 0.6 is 0 Å². The van der Waals surface area contributed by atoms with Crippen molar-refractivity contribution in [1.29, 1.82) is 0 Å². The second-order valence-corrected chi connectivity index (χ2v) is 8.43. The minimum Gasteiger partial charge on any atom is -0.383 e. The smallest absolute Gasteiger partial charge is 0.319 e. The van der Waals surface area contributed by atoms with Gasteiger partial charge in [-0.25, -0.2) is 4.79 Å². The summed E-state index contributed by atoms with van der Waals surface area (Å²) in [5, 5.41) is 0. The Morgan fingerprint density at radius 3 is 2.52 bits per heavy atom. The highest BCUT2D eigenvalue weighted by Gasteiger charge is 2.48. The Balaban J connectivity index is 1.57. The van der Waals surface area contributed by atoms with Gasteiger partial charge in [0.2, 0.25) is 0 Å². The van der Waals surface area contributed by atoms with Crippen molar-refractivity contribution in [3.63, 3.8) is 0 Å². The Morgan fingerprint density at radius 2 is 1.92 bits per heavy atom. The third kappa shape index (κ3) is 4.66. The monoisotopic (exact) mass is 353 g/mol. The minimum absolute atomic E-state index is 0.144. The van der Waals surface area contributed by atoms with Crippen LogP contribution in [0.4, 0.5) is 4.79 Å². The van der Waals surface area contributed by atoms with Gasteiger partial charge in [0.1, 0.15) is 0 Å². The lowest BCUT2D eigenvalue weighted by atomic mass is 9.71. The van der Waals surface area contributed by atoms with Crippen LogP contribution in [0, 0.1) is 17.3 Å². The molecular weight excluding hydrogens is 318 g/mol. The van der Waals surface area contributed by atoms with Crippen LogP contribution in [0.5, 0.6) is 0 Å². The van der Waals surface area contributed by atoms with Crippen molar-refractivity contribution >= 4 is 6.03 Å². The molecule has 0 aromatic heterocycles. The molecule has 3 aliphatic rings. The summed E-state index contributed by atoms with van der Waals surface area (Å²) in [6.07, 6.45) is 4.87. The summed E-state index contributed by atoms with van der Waals surface area (Å²) in [7, 11) is 5.44. The van der Waals surface area contributed by atoms with Gasteiger partial charge < -0.3 is 24.2 Å². The number of carbonyl (C=O) groups is 1. The number of hydrogen-bond donors (Lipinski definition) is 0. The Morgan fingerprint density at radius 1 is 1.20 bits per heavy atom. The van der Waals surface area contributed by atoms with Crippen molar-refractivity contribution in [2.45, 2.75) is 25.7 Å². The topological polar surface area (TPSA) is 45.3 Å². The van der Waals surface area contributed by atoms with Crippen LogP contribution in [-0.2, 0) is 9.47 Å². The number of piperidine rings is 1. The average Bonchev–Trinajstić information content (AvgIpc) is 3.37. The third-order valence-electron chi connectivity index (χ3n) is 6.28. The first-order valence-electron chi connectivity index (χ1n) is 9.79. The number of rotatable bonds is 7. The summed E-state index contributed by atoms with van der Waals surface area (Å²) in [4.78, 5) is 18.5. The molecule has 1 atom stereocenters. The second-order valence-electron chi connectivity index (χ2n) is 8.43. The standard InChI is InChI=1S/C19H35N3O3/c1-20(2)18(23)22-8-6-19(7-9-22)15-21(10-11-24-3)12-17(19)14-25-13-16-4-5-16/h16-17H,4-15H2,1-3H3. The van der Waals surface area contributed by atoms with E-state index in [9.17, 15) is 4.79 Å². The van der Waals surface area contributed by atoms with Gasteiger partial charge in [-0.15, -0.1) is 0 Å². The molecule has 2 saturated heterocycles. The molecule has 3 fully saturated rings. The van der Waals surface area contributed by atoms with Crippen LogP contribution < -0.4 is 0 Å². The van der Waals surface area contributed by atoms with Gasteiger partial charge in [0, 0.05) is 66.5 Å². The zero-order valence-electron chi connectivity index (χ0n) is 16.2. The van der Waals surface area contributed by atoms with E-state index in [1.165, 1.54) is 12.8 Å². The molecule has 2 heterocycles. The van der Waals surface area contributed by atoms with E-state index < -0.39 is 0 Å². The number of urea groups is 1. The summed E-state index contributed by atoms with van der Waals surface area (Å²) < 4.78 is 11.4. The van der Waals surface area contributed by atoms with E-state index in [1.54, 1.807) is 12.0 Å². The molecule has 0 aromatic carbocycles. The molecule has 0 aromatic rings. The van der Waals surface area contributed by atoms with Crippen LogP contribution in [0.1, 0.15) is 25.7 Å². The number of methoxy groups -OCH3 is 1. The highest BCUT2D eigenvalue weighted by Crippen LogP contribution is 2.45. The lowest BCUT2D eigenvalue weighted by Crippen LogP contribution is -2.49. The minimum atomic E-state index is 0.144. The van der Waals surface area contributed by atoms with Crippen molar-refractivity contribution in [2.24, 2.45) is 17.3 Å². The van der Waals surface area contributed by atoms with Gasteiger partial charge in [0.05, 0.1) is 13.2 Å². The van der Waals surface area contributed by atoms with E-state index in [2.05, 4.69) is 4.90 Å². The fourth-order valence-electron chi connectivity index (χ4n) is 4.42. The average molecular weight is 354 g/mol. The molecule has 1 unspecified atom stereocenters. The summed E-state index contributed by atoms with van der Waals surface area (Å²) >= 11 is 0. The van der Waals surface area contributed by atoms with Crippen LogP contribution in [0.3, 0.4) is 0 Å². The van der Waals surface area contributed by atoms with Gasteiger partial charge in [0.15, 0.2) is 0 Å². The van der Waals surface area contributed by atoms with Gasteiger partial charge >= 0.3 is 6.03 Å². The molecule has 25 heavy (non-hydrogen) atoms. The zero-order valence-corrected chi connectivity index (χ0v) is 16.2. The normalized spacial score (nSPS) is 26.4. The summed E-state index contributed by atoms with van der Waals surface area (Å²) in [6.45, 7) is 7.57. The molecule has 3 rings (SSSR count). The first-order valence-corrected chi connectivity index (χ1v) is 9.79. The van der Waals surface area contributed by atoms with Crippen molar-refractivity contribution in [3.05, 3.63) is 0 Å². The molecule has 1 aliphatic carbocycles. The molecule has 2 aliphatic heterocycles. The predicted molar refractivity (Wildman–Crippen MR) is 97.7 cm³/mol. The lowest BCUT2D eigenvalue weighted by Gasteiger charge is -2.43. The third-order valence-corrected chi connectivity index (χ3v) is 6.28. The SMILES string of the molecule is COCCN1CC(COCC2CC2)C2(CCN(C(=O)N(C)C)CC2)C1. The predicted octanol–water partition coefficient (Wildman–Crippen LogP) is 1.76. The molecule has 6 nitrogen and oxygen atoms in total. The van der Waals surface area contributed by atoms with E-state index in [1.807, 2.05) is 19.0 Å².